The molecular weight excluding hydrogens is 366 g/mol. The first-order valence-electron chi connectivity index (χ1n) is 9.47. The van der Waals surface area contributed by atoms with Crippen molar-refractivity contribution in [1.82, 2.24) is 10.3 Å². The van der Waals surface area contributed by atoms with Gasteiger partial charge in [-0.1, -0.05) is 30.3 Å². The van der Waals surface area contributed by atoms with Crippen LogP contribution in [0.25, 0.3) is 0 Å². The zero-order chi connectivity index (χ0) is 20.5. The maximum atomic E-state index is 12.3. The minimum Gasteiger partial charge on any atom is -0.493 e. The molecule has 2 N–H and O–H groups in total. The minimum atomic E-state index is -0.122. The molecule has 1 amide bonds. The second kappa shape index (κ2) is 10.1. The van der Waals surface area contributed by atoms with Gasteiger partial charge in [-0.15, -0.1) is 0 Å². The Hall–Kier alpha value is -3.54. The van der Waals surface area contributed by atoms with E-state index in [1.165, 1.54) is 5.56 Å². The van der Waals surface area contributed by atoms with Gasteiger partial charge in [-0.25, -0.2) is 4.98 Å². The van der Waals surface area contributed by atoms with E-state index in [-0.39, 0.29) is 5.91 Å². The van der Waals surface area contributed by atoms with Crippen molar-refractivity contribution in [2.45, 2.75) is 12.8 Å². The third kappa shape index (κ3) is 5.72. The quantitative estimate of drug-likeness (QED) is 0.535. The number of nitrogens with zero attached hydrogens (tertiary/aromatic N) is 1. The van der Waals surface area contributed by atoms with Crippen LogP contribution in [-0.4, -0.2) is 31.7 Å². The maximum Gasteiger partial charge on any atom is 0.252 e. The molecule has 0 aliphatic heterocycles. The van der Waals surface area contributed by atoms with Crippen molar-refractivity contribution in [3.8, 4) is 11.5 Å². The van der Waals surface area contributed by atoms with Crippen molar-refractivity contribution in [3.63, 3.8) is 0 Å². The Balaban J connectivity index is 1.51. The lowest BCUT2D eigenvalue weighted by atomic mass is 10.1. The fourth-order valence-electron chi connectivity index (χ4n) is 2.91. The lowest BCUT2D eigenvalue weighted by Gasteiger charge is -2.11. The zero-order valence-electron chi connectivity index (χ0n) is 16.6. The Morgan fingerprint density at radius 3 is 2.45 bits per heavy atom. The standard InChI is InChI=1S/C23H25N3O3/c1-28-20-12-11-19(15-21(20)29-2)26-22-13-10-18(16-25-22)23(27)24-14-6-9-17-7-4-3-5-8-17/h3-5,7-8,10-13,15-16H,6,9,14H2,1-2H3,(H,24,27)(H,25,26). The molecule has 150 valence electrons. The molecule has 0 unspecified atom stereocenters. The molecule has 6 heteroatoms. The number of hydrogen-bond donors (Lipinski definition) is 2. The predicted molar refractivity (Wildman–Crippen MR) is 114 cm³/mol. The Morgan fingerprint density at radius 1 is 0.966 bits per heavy atom. The van der Waals surface area contributed by atoms with Gasteiger partial charge < -0.3 is 20.1 Å². The summed E-state index contributed by atoms with van der Waals surface area (Å²) in [4.78, 5) is 16.6. The molecule has 6 nitrogen and oxygen atoms in total. The van der Waals surface area contributed by atoms with E-state index in [0.717, 1.165) is 18.5 Å². The van der Waals surface area contributed by atoms with Gasteiger partial charge in [0.15, 0.2) is 11.5 Å². The maximum absolute atomic E-state index is 12.3. The summed E-state index contributed by atoms with van der Waals surface area (Å²) in [5.74, 6) is 1.80. The highest BCUT2D eigenvalue weighted by Gasteiger charge is 2.08. The van der Waals surface area contributed by atoms with E-state index >= 15 is 0 Å². The number of anilines is 2. The number of benzene rings is 2. The van der Waals surface area contributed by atoms with Crippen molar-refractivity contribution in [2.75, 3.05) is 26.1 Å². The van der Waals surface area contributed by atoms with Crippen LogP contribution >= 0.6 is 0 Å². The molecule has 1 heterocycles. The topological polar surface area (TPSA) is 72.5 Å². The zero-order valence-corrected chi connectivity index (χ0v) is 16.6. The van der Waals surface area contributed by atoms with Crippen LogP contribution in [0.4, 0.5) is 11.5 Å². The molecule has 0 atom stereocenters. The number of rotatable bonds is 9. The molecule has 29 heavy (non-hydrogen) atoms. The van der Waals surface area contributed by atoms with Crippen molar-refractivity contribution in [2.24, 2.45) is 0 Å². The van der Waals surface area contributed by atoms with E-state index in [0.29, 0.717) is 29.4 Å². The lowest BCUT2D eigenvalue weighted by Crippen LogP contribution is -2.24. The van der Waals surface area contributed by atoms with Gasteiger partial charge in [-0.05, 0) is 42.7 Å². The first-order chi connectivity index (χ1) is 14.2. The molecule has 0 saturated heterocycles. The van der Waals surface area contributed by atoms with E-state index in [2.05, 4.69) is 27.8 Å². The van der Waals surface area contributed by atoms with Gasteiger partial charge in [0.05, 0.1) is 19.8 Å². The molecule has 0 fully saturated rings. The molecule has 0 bridgehead atoms. The third-order valence-corrected chi connectivity index (χ3v) is 4.45. The number of carbonyl (C=O) groups excluding carboxylic acids is 1. The highest BCUT2D eigenvalue weighted by atomic mass is 16.5. The summed E-state index contributed by atoms with van der Waals surface area (Å²) in [5, 5.41) is 6.12. The molecule has 2 aromatic carbocycles. The lowest BCUT2D eigenvalue weighted by molar-refractivity contribution is 0.0953. The number of pyridine rings is 1. The Kier molecular flexibility index (Phi) is 7.05. The molecule has 1 aromatic heterocycles. The molecule has 0 aliphatic carbocycles. The fraction of sp³-hybridized carbons (Fsp3) is 0.217. The number of aromatic nitrogens is 1. The van der Waals surface area contributed by atoms with Gasteiger partial charge in [-0.3, -0.25) is 4.79 Å². The summed E-state index contributed by atoms with van der Waals surface area (Å²) < 4.78 is 10.5. The molecule has 3 rings (SSSR count). The number of ether oxygens (including phenoxy) is 2. The number of amides is 1. The average Bonchev–Trinajstić information content (AvgIpc) is 2.77. The van der Waals surface area contributed by atoms with Crippen LogP contribution < -0.4 is 20.1 Å². The Labute approximate surface area is 170 Å². The first kappa shape index (κ1) is 20.2. The van der Waals surface area contributed by atoms with Gasteiger partial charge in [0, 0.05) is 24.5 Å². The molecule has 3 aromatic rings. The molecular formula is C23H25N3O3. The first-order valence-corrected chi connectivity index (χ1v) is 9.47. The van der Waals surface area contributed by atoms with Crippen LogP contribution in [-0.2, 0) is 6.42 Å². The second-order valence-corrected chi connectivity index (χ2v) is 6.47. The van der Waals surface area contributed by atoms with E-state index < -0.39 is 0 Å². The van der Waals surface area contributed by atoms with Crippen LogP contribution in [0.3, 0.4) is 0 Å². The van der Waals surface area contributed by atoms with Gasteiger partial charge in [-0.2, -0.15) is 0 Å². The van der Waals surface area contributed by atoms with Gasteiger partial charge in [0.2, 0.25) is 0 Å². The highest BCUT2D eigenvalue weighted by Crippen LogP contribution is 2.30. The van der Waals surface area contributed by atoms with Crippen molar-refractivity contribution in [3.05, 3.63) is 78.0 Å². The van der Waals surface area contributed by atoms with E-state index in [9.17, 15) is 4.79 Å². The van der Waals surface area contributed by atoms with E-state index in [1.54, 1.807) is 32.5 Å². The van der Waals surface area contributed by atoms with Gasteiger partial charge in [0.1, 0.15) is 5.82 Å². The van der Waals surface area contributed by atoms with Crippen molar-refractivity contribution in [1.29, 1.82) is 0 Å². The van der Waals surface area contributed by atoms with Crippen LogP contribution in [0.2, 0.25) is 0 Å². The number of carbonyl (C=O) groups is 1. The highest BCUT2D eigenvalue weighted by molar-refractivity contribution is 5.94. The average molecular weight is 391 g/mol. The summed E-state index contributed by atoms with van der Waals surface area (Å²) in [6.45, 7) is 0.624. The second-order valence-electron chi connectivity index (χ2n) is 6.47. The van der Waals surface area contributed by atoms with Crippen LogP contribution in [0.15, 0.2) is 66.9 Å². The largest absolute Gasteiger partial charge is 0.493 e. The SMILES string of the molecule is COc1ccc(Nc2ccc(C(=O)NCCCc3ccccc3)cn2)cc1OC. The normalized spacial score (nSPS) is 10.3. The van der Waals surface area contributed by atoms with Crippen LogP contribution in [0.1, 0.15) is 22.3 Å². The summed E-state index contributed by atoms with van der Waals surface area (Å²) in [5.41, 5.74) is 2.62. The van der Waals surface area contributed by atoms with E-state index in [1.807, 2.05) is 36.4 Å². The van der Waals surface area contributed by atoms with Crippen LogP contribution in [0.5, 0.6) is 11.5 Å². The van der Waals surface area contributed by atoms with Crippen LogP contribution in [0, 0.1) is 0 Å². The molecule has 0 spiro atoms. The summed E-state index contributed by atoms with van der Waals surface area (Å²) >= 11 is 0. The van der Waals surface area contributed by atoms with Crippen molar-refractivity contribution >= 4 is 17.4 Å². The molecule has 0 radical (unpaired) electrons. The number of nitrogens with one attached hydrogen (secondary N) is 2. The fourth-order valence-corrected chi connectivity index (χ4v) is 2.91. The smallest absolute Gasteiger partial charge is 0.252 e. The minimum absolute atomic E-state index is 0.122. The monoisotopic (exact) mass is 391 g/mol. The Morgan fingerprint density at radius 2 is 1.76 bits per heavy atom. The van der Waals surface area contributed by atoms with Gasteiger partial charge >= 0.3 is 0 Å². The number of methoxy groups -OCH3 is 2. The molecule has 0 aliphatic rings. The van der Waals surface area contributed by atoms with Crippen molar-refractivity contribution < 1.29 is 14.3 Å². The predicted octanol–water partition coefficient (Wildman–Crippen LogP) is 4.21. The molecule has 0 saturated carbocycles. The third-order valence-electron chi connectivity index (χ3n) is 4.45. The van der Waals surface area contributed by atoms with E-state index in [4.69, 9.17) is 9.47 Å². The summed E-state index contributed by atoms with van der Waals surface area (Å²) in [6, 6.07) is 19.3. The Bertz CT molecular complexity index is 928. The number of aryl methyl sites for hydroxylation is 1. The summed E-state index contributed by atoms with van der Waals surface area (Å²) in [7, 11) is 3.19. The summed E-state index contributed by atoms with van der Waals surface area (Å²) in [6.07, 6.45) is 3.39. The number of hydrogen-bond acceptors (Lipinski definition) is 5. The van der Waals surface area contributed by atoms with Gasteiger partial charge in [0.25, 0.3) is 5.91 Å².